The smallest absolute Gasteiger partial charge is 0.0904 e. The maximum absolute atomic E-state index is 2.65. The molecule has 0 aliphatic rings. The molecule has 0 nitrogen and oxygen atoms in total. The molecule has 0 unspecified atom stereocenters. The summed E-state index contributed by atoms with van der Waals surface area (Å²) in [5.41, 5.74) is 10.6. The molecule has 121 heavy (non-hydrogen) atoms. The van der Waals surface area contributed by atoms with Crippen LogP contribution in [0.4, 0.5) is 0 Å². The van der Waals surface area contributed by atoms with Crippen molar-refractivity contribution >= 4 is 263 Å². The fraction of sp³-hybridized carbons (Fsp3) is 0.143. The van der Waals surface area contributed by atoms with Crippen molar-refractivity contribution in [1.29, 1.82) is 0 Å². The van der Waals surface area contributed by atoms with Gasteiger partial charge in [-0.15, -0.1) is 238 Å². The molecule has 602 valence electrons. The van der Waals surface area contributed by atoms with Gasteiger partial charge in [0.2, 0.25) is 0 Å². The molecule has 0 amide bonds. The third-order valence-corrected chi connectivity index (χ3v) is 53.4. The topological polar surface area (TPSA) is 0 Å². The van der Waals surface area contributed by atoms with Gasteiger partial charge < -0.3 is 0 Å². The second kappa shape index (κ2) is 32.8. The summed E-state index contributed by atoms with van der Waals surface area (Å²) in [5, 5.41) is 0. The van der Waals surface area contributed by atoms with Gasteiger partial charge in [0.25, 0.3) is 0 Å². The summed E-state index contributed by atoms with van der Waals surface area (Å²) < 4.78 is 3.06. The van der Waals surface area contributed by atoms with Crippen molar-refractivity contribution in [3.8, 4) is 201 Å². The Hall–Kier alpha value is -5.87. The average Bonchev–Trinajstić information content (AvgIpc) is 1.57. The fourth-order valence-electron chi connectivity index (χ4n) is 15.2. The Morgan fingerprint density at radius 1 is 0.140 bits per heavy atom. The molecule has 0 aliphatic heterocycles. The summed E-state index contributed by atoms with van der Waals surface area (Å²) in [7, 11) is -3.53. The molecular weight excluding hydrogens is 1910 g/mol. The first-order valence-electron chi connectivity index (χ1n) is 39.5. The summed E-state index contributed by atoms with van der Waals surface area (Å²) in [6.45, 7) is 33.0. The lowest BCUT2D eigenvalue weighted by Crippen LogP contribution is -2.34. The highest BCUT2D eigenvalue weighted by Gasteiger charge is 2.34. The largest absolute Gasteiger partial charge is 0.144 e. The lowest BCUT2D eigenvalue weighted by atomic mass is 10.0. The molecule has 21 aromatic heterocycles. The van der Waals surface area contributed by atoms with Gasteiger partial charge in [-0.2, -0.15) is 0 Å². The van der Waals surface area contributed by atoms with E-state index in [2.05, 4.69) is 301 Å². The molecule has 0 fully saturated rings. The molecule has 0 atom stereocenters. The number of thiophene rings is 21. The summed E-state index contributed by atoms with van der Waals surface area (Å²) in [4.78, 5) is 53.1. The van der Waals surface area contributed by atoms with Crippen LogP contribution in [0.3, 0.4) is 0 Å². The molecule has 21 rings (SSSR count). The van der Waals surface area contributed by atoms with E-state index in [1.807, 2.05) is 238 Å². The van der Waals surface area contributed by atoms with Crippen molar-refractivity contribution in [1.82, 2.24) is 0 Å². The minimum Gasteiger partial charge on any atom is -0.144 e. The van der Waals surface area contributed by atoms with Crippen molar-refractivity contribution in [2.45, 2.75) is 94.7 Å². The van der Waals surface area contributed by atoms with Gasteiger partial charge in [-0.25, -0.2) is 0 Å². The highest BCUT2D eigenvalue weighted by atomic mass is 32.2. The Morgan fingerprint density at radius 2 is 0.314 bits per heavy atom. The fourth-order valence-corrected chi connectivity index (χ4v) is 42.4. The van der Waals surface area contributed by atoms with E-state index >= 15 is 0 Å². The van der Waals surface area contributed by atoms with Gasteiger partial charge in [0.1, 0.15) is 0 Å². The van der Waals surface area contributed by atoms with Crippen LogP contribution in [0.1, 0.15) is 39.0 Å². The van der Waals surface area contributed by atoms with Gasteiger partial charge in [-0.3, -0.25) is 0 Å². The van der Waals surface area contributed by atoms with Gasteiger partial charge in [0.15, 0.2) is 0 Å². The van der Waals surface area contributed by atoms with Crippen molar-refractivity contribution in [3.05, 3.63) is 245 Å². The van der Waals surface area contributed by atoms with E-state index in [0.717, 1.165) is 0 Å². The molecule has 0 aliphatic carbocycles. The first kappa shape index (κ1) is 82.1. The Morgan fingerprint density at radius 3 is 0.545 bits per heavy atom. The van der Waals surface area contributed by atoms with Crippen LogP contribution in [-0.2, 0) is 0 Å². The molecule has 0 saturated carbocycles. The zero-order valence-corrected chi connectivity index (χ0v) is 87.3. The molecule has 0 radical (unpaired) electrons. The van der Waals surface area contributed by atoms with Crippen LogP contribution in [0, 0.1) is 55.4 Å². The average molecular weight is 1980 g/mol. The second-order valence-corrected chi connectivity index (χ2v) is 67.3. The molecule has 0 bridgehead atoms. The predicted molar refractivity (Wildman–Crippen MR) is 574 cm³/mol. The Bertz CT molecular complexity index is 6420. The van der Waals surface area contributed by atoms with Crippen molar-refractivity contribution in [2.75, 3.05) is 0 Å². The van der Waals surface area contributed by atoms with E-state index in [1.54, 1.807) is 0 Å². The quantitative estimate of drug-likeness (QED) is 0.0593. The molecule has 23 heteroatoms. The first-order chi connectivity index (χ1) is 58.3. The van der Waals surface area contributed by atoms with E-state index in [1.165, 1.54) is 249 Å². The number of aryl methyl sites for hydroxylation is 8. The summed E-state index contributed by atoms with van der Waals surface area (Å²) >= 11 is 41.1. The normalized spacial score (nSPS) is 12.2. The highest BCUT2D eigenvalue weighted by molar-refractivity contribution is 7.37. The minimum absolute atomic E-state index is 1.29. The number of hydrogen-bond acceptors (Lipinski definition) is 21. The standard InChI is InChI=1S/C98H76S21Si2/c1-49-15-23-63(99-49)57-43-81(113-91(57)73-27-19-53(5)103-73)69-33-31-67(107-69)61-47-85(117-95(61)77-37-35-71(109-77)83-45-59(65-25-17-51(3)101-65)93(115-83)75-29-21-55(7)105-75)89-90(98(80-40-42-88(112-80)121(12,13)14)119-97(89)79-39-41-87(111-79)120(9,10)11)86-48-62(68-32-34-70(108-68)82-44-58(64-24-16-50(2)100-64)92(114-82)74-28-20-54(6)104-74)96(118-86)78-38-36-72(110-78)84-46-60(66-26-18-52(4)102-66)94(116-84)76-30-22-56(8)106-76/h15-48H,1-14H3. The Balaban J connectivity index is 0.793. The molecule has 0 aromatic carbocycles. The monoisotopic (exact) mass is 1980 g/mol. The van der Waals surface area contributed by atoms with Crippen LogP contribution in [0.2, 0.25) is 39.3 Å². The SMILES string of the molecule is Cc1ccc(-c2cc(-c3ccc(-c4cc(-c5c(-c6ccc([Si](C)(C)C)s6)sc(-c6ccc([Si](C)(C)C)s6)c5-c5cc(-c6ccc(-c7cc(-c8ccc(C)s8)c(-c8ccc(C)s8)s7)s6)c(-c6ccc(-c7cc(-c8ccc(C)s8)c(-c8ccc(C)s8)s7)s6)s5)sc4-c4ccc(-c5cc(-c6ccc(C)s6)c(-c6ccc(C)s6)s5)s4)s3)sc2-c2ccc(C)s2)s1. The summed E-state index contributed by atoms with van der Waals surface area (Å²) in [5.74, 6) is 0. The first-order valence-corrected chi connectivity index (χ1v) is 63.7. The van der Waals surface area contributed by atoms with Crippen LogP contribution in [0.5, 0.6) is 0 Å². The Labute approximate surface area is 793 Å². The van der Waals surface area contributed by atoms with Crippen LogP contribution >= 0.6 is 238 Å². The van der Waals surface area contributed by atoms with Gasteiger partial charge in [0, 0.05) is 201 Å². The van der Waals surface area contributed by atoms with Gasteiger partial charge >= 0.3 is 0 Å². The van der Waals surface area contributed by atoms with Crippen LogP contribution < -0.4 is 9.00 Å². The maximum Gasteiger partial charge on any atom is 0.0904 e. The van der Waals surface area contributed by atoms with Crippen molar-refractivity contribution in [2.24, 2.45) is 0 Å². The van der Waals surface area contributed by atoms with Crippen molar-refractivity contribution in [3.63, 3.8) is 0 Å². The van der Waals surface area contributed by atoms with Gasteiger partial charge in [-0.05, 0) is 259 Å². The zero-order chi connectivity index (χ0) is 82.8. The van der Waals surface area contributed by atoms with E-state index in [-0.39, 0.29) is 0 Å². The molecule has 21 heterocycles. The third kappa shape index (κ3) is 15.9. The van der Waals surface area contributed by atoms with E-state index in [4.69, 9.17) is 0 Å². The van der Waals surface area contributed by atoms with Gasteiger partial charge in [-0.1, -0.05) is 51.4 Å². The highest BCUT2D eigenvalue weighted by Crippen LogP contribution is 2.63. The van der Waals surface area contributed by atoms with E-state index < -0.39 is 16.1 Å². The van der Waals surface area contributed by atoms with E-state index in [9.17, 15) is 0 Å². The van der Waals surface area contributed by atoms with E-state index in [0.29, 0.717) is 0 Å². The maximum atomic E-state index is 2.65. The molecule has 0 N–H and O–H groups in total. The molecule has 21 aromatic rings. The molecule has 0 spiro atoms. The second-order valence-electron chi connectivity index (χ2n) is 32.4. The summed E-state index contributed by atoms with van der Waals surface area (Å²) in [6, 6.07) is 81.8. The van der Waals surface area contributed by atoms with Crippen LogP contribution in [0.15, 0.2) is 206 Å². The lowest BCUT2D eigenvalue weighted by molar-refractivity contribution is 1.64. The zero-order valence-electron chi connectivity index (χ0n) is 68.2. The van der Waals surface area contributed by atoms with Crippen molar-refractivity contribution < 1.29 is 0 Å². The number of hydrogen-bond donors (Lipinski definition) is 0. The van der Waals surface area contributed by atoms with Gasteiger partial charge in [0.05, 0.1) is 55.2 Å². The third-order valence-electron chi connectivity index (χ3n) is 21.2. The minimum atomic E-state index is -1.76. The molecular formula is C98H76S21Si2. The predicted octanol–water partition coefficient (Wildman–Crippen LogP) is 39.9. The Kier molecular flexibility index (Phi) is 22.2. The lowest BCUT2D eigenvalue weighted by Gasteiger charge is -2.12. The number of rotatable bonds is 22. The molecule has 0 saturated heterocycles. The van der Waals surface area contributed by atoms with Crippen LogP contribution in [-0.4, -0.2) is 16.1 Å². The summed E-state index contributed by atoms with van der Waals surface area (Å²) in [6.07, 6.45) is 0. The van der Waals surface area contributed by atoms with Crippen LogP contribution in [0.25, 0.3) is 201 Å².